The molecule has 0 aromatic rings. The lowest BCUT2D eigenvalue weighted by Gasteiger charge is -2.05. The van der Waals surface area contributed by atoms with Gasteiger partial charge in [-0.05, 0) is 12.3 Å². The highest BCUT2D eigenvalue weighted by Gasteiger charge is 1.94. The summed E-state index contributed by atoms with van der Waals surface area (Å²) in [4.78, 5) is 0. The van der Waals surface area contributed by atoms with Crippen LogP contribution < -0.4 is 16.8 Å². The van der Waals surface area contributed by atoms with E-state index in [9.17, 15) is 0 Å². The zero-order valence-electron chi connectivity index (χ0n) is 7.43. The van der Waals surface area contributed by atoms with Crippen LogP contribution in [0.3, 0.4) is 0 Å². The molecule has 0 aromatic heterocycles. The predicted molar refractivity (Wildman–Crippen MR) is 48.8 cm³/mol. The summed E-state index contributed by atoms with van der Waals surface area (Å²) in [5, 5.41) is 3.03. The smallest absolute Gasteiger partial charge is 0.0265 e. The molecule has 3 nitrogen and oxygen atoms in total. The molecule has 0 atom stereocenters. The minimum absolute atomic E-state index is 0.617. The van der Waals surface area contributed by atoms with Gasteiger partial charge >= 0.3 is 0 Å². The van der Waals surface area contributed by atoms with Crippen LogP contribution in [0.5, 0.6) is 0 Å². The maximum Gasteiger partial charge on any atom is 0.0265 e. The Morgan fingerprint density at radius 2 is 2.18 bits per heavy atom. The van der Waals surface area contributed by atoms with E-state index >= 15 is 0 Å². The van der Waals surface area contributed by atoms with Gasteiger partial charge in [-0.3, -0.25) is 0 Å². The van der Waals surface area contributed by atoms with Gasteiger partial charge in [0.2, 0.25) is 0 Å². The third-order valence-corrected chi connectivity index (χ3v) is 1.22. The van der Waals surface area contributed by atoms with Gasteiger partial charge in [0.15, 0.2) is 0 Å². The lowest BCUT2D eigenvalue weighted by molar-refractivity contribution is 0.633. The maximum absolute atomic E-state index is 5.67. The first-order valence-electron chi connectivity index (χ1n) is 4.04. The molecule has 0 saturated carbocycles. The molecule has 0 aromatic carbocycles. The van der Waals surface area contributed by atoms with Crippen molar-refractivity contribution < 1.29 is 0 Å². The zero-order valence-corrected chi connectivity index (χ0v) is 7.43. The number of nitrogens with one attached hydrogen (secondary N) is 1. The second-order valence-corrected chi connectivity index (χ2v) is 3.06. The van der Waals surface area contributed by atoms with Crippen molar-refractivity contribution in [3.63, 3.8) is 0 Å². The minimum atomic E-state index is 0.617. The van der Waals surface area contributed by atoms with Crippen molar-refractivity contribution in [1.82, 2.24) is 5.32 Å². The van der Waals surface area contributed by atoms with E-state index in [0.29, 0.717) is 12.5 Å². The molecule has 0 saturated heterocycles. The van der Waals surface area contributed by atoms with Crippen molar-refractivity contribution in [1.29, 1.82) is 0 Å². The number of hydrogen-bond acceptors (Lipinski definition) is 3. The summed E-state index contributed by atoms with van der Waals surface area (Å²) < 4.78 is 0. The molecule has 0 radical (unpaired) electrons. The fourth-order valence-electron chi connectivity index (χ4n) is 0.817. The summed E-state index contributed by atoms with van der Waals surface area (Å²) in [5.74, 6) is 0.617. The maximum atomic E-state index is 5.67. The van der Waals surface area contributed by atoms with Crippen LogP contribution in [0.2, 0.25) is 0 Å². The molecule has 0 aliphatic carbocycles. The normalized spacial score (nSPS) is 12.2. The molecule has 0 heterocycles. The van der Waals surface area contributed by atoms with Crippen LogP contribution >= 0.6 is 0 Å². The van der Waals surface area contributed by atoms with E-state index in [4.69, 9.17) is 11.5 Å². The molecule has 0 fully saturated rings. The van der Waals surface area contributed by atoms with Gasteiger partial charge < -0.3 is 16.8 Å². The summed E-state index contributed by atoms with van der Waals surface area (Å²) in [5.41, 5.74) is 11.9. The molecule has 5 N–H and O–H groups in total. The first-order valence-corrected chi connectivity index (χ1v) is 4.04. The van der Waals surface area contributed by atoms with Crippen molar-refractivity contribution in [3.8, 4) is 0 Å². The summed E-state index contributed by atoms with van der Waals surface area (Å²) in [6, 6.07) is 0. The van der Waals surface area contributed by atoms with Crippen molar-refractivity contribution in [2.24, 2.45) is 17.4 Å². The van der Waals surface area contributed by atoms with Crippen LogP contribution in [-0.4, -0.2) is 13.1 Å². The zero-order chi connectivity index (χ0) is 8.69. The largest absolute Gasteiger partial charge is 0.401 e. The SMILES string of the molecule is CC(C)C/C(N)=C/NCCN. The van der Waals surface area contributed by atoms with Gasteiger partial charge in [0.1, 0.15) is 0 Å². The Kier molecular flexibility index (Phi) is 5.65. The average molecular weight is 157 g/mol. The Balaban J connectivity index is 3.46. The van der Waals surface area contributed by atoms with Crippen LogP contribution in [0.1, 0.15) is 20.3 Å². The monoisotopic (exact) mass is 157 g/mol. The lowest BCUT2D eigenvalue weighted by Crippen LogP contribution is -2.19. The number of allylic oxidation sites excluding steroid dienone is 1. The van der Waals surface area contributed by atoms with Crippen LogP contribution in [0.25, 0.3) is 0 Å². The fraction of sp³-hybridized carbons (Fsp3) is 0.750. The topological polar surface area (TPSA) is 64.1 Å². The second kappa shape index (κ2) is 6.04. The minimum Gasteiger partial charge on any atom is -0.401 e. The third-order valence-electron chi connectivity index (χ3n) is 1.22. The van der Waals surface area contributed by atoms with Gasteiger partial charge in [-0.2, -0.15) is 0 Å². The molecule has 0 rings (SSSR count). The van der Waals surface area contributed by atoms with E-state index < -0.39 is 0 Å². The molecule has 11 heavy (non-hydrogen) atoms. The summed E-state index contributed by atoms with van der Waals surface area (Å²) in [6.45, 7) is 5.72. The Bertz CT molecular complexity index is 119. The highest BCUT2D eigenvalue weighted by Crippen LogP contribution is 2.03. The Morgan fingerprint density at radius 1 is 1.55 bits per heavy atom. The van der Waals surface area contributed by atoms with Crippen molar-refractivity contribution in [2.45, 2.75) is 20.3 Å². The molecule has 0 unspecified atom stereocenters. The predicted octanol–water partition coefficient (Wildman–Crippen LogP) is 0.381. The van der Waals surface area contributed by atoms with Crippen LogP contribution in [0.15, 0.2) is 11.9 Å². The number of rotatable bonds is 5. The van der Waals surface area contributed by atoms with Crippen LogP contribution in [0, 0.1) is 5.92 Å². The first-order chi connectivity index (χ1) is 5.16. The molecule has 0 spiro atoms. The van der Waals surface area contributed by atoms with Crippen LogP contribution in [-0.2, 0) is 0 Å². The standard InChI is InChI=1S/C8H19N3/c1-7(2)5-8(10)6-11-4-3-9/h6-7,11H,3-5,9-10H2,1-2H3/b8-6-. The molecule has 3 heteroatoms. The van der Waals surface area contributed by atoms with E-state index in [1.165, 1.54) is 0 Å². The van der Waals surface area contributed by atoms with Gasteiger partial charge in [0, 0.05) is 25.0 Å². The lowest BCUT2D eigenvalue weighted by atomic mass is 10.1. The molecular weight excluding hydrogens is 138 g/mol. The van der Waals surface area contributed by atoms with E-state index in [1.807, 2.05) is 6.20 Å². The first kappa shape index (κ1) is 10.3. The van der Waals surface area contributed by atoms with E-state index in [-0.39, 0.29) is 0 Å². The second-order valence-electron chi connectivity index (χ2n) is 3.06. The van der Waals surface area contributed by atoms with Gasteiger partial charge in [-0.15, -0.1) is 0 Å². The Morgan fingerprint density at radius 3 is 2.64 bits per heavy atom. The molecular formula is C8H19N3. The molecule has 0 bridgehead atoms. The third kappa shape index (κ3) is 7.19. The van der Waals surface area contributed by atoms with E-state index in [2.05, 4.69) is 19.2 Å². The summed E-state index contributed by atoms with van der Waals surface area (Å²) in [6.07, 6.45) is 2.78. The fourth-order valence-corrected chi connectivity index (χ4v) is 0.817. The van der Waals surface area contributed by atoms with Crippen molar-refractivity contribution in [2.75, 3.05) is 13.1 Å². The summed E-state index contributed by atoms with van der Waals surface area (Å²) in [7, 11) is 0. The highest BCUT2D eigenvalue weighted by molar-refractivity contribution is 4.95. The average Bonchev–Trinajstić information content (AvgIpc) is 1.86. The summed E-state index contributed by atoms with van der Waals surface area (Å²) >= 11 is 0. The van der Waals surface area contributed by atoms with Gasteiger partial charge in [-0.1, -0.05) is 13.8 Å². The highest BCUT2D eigenvalue weighted by atomic mass is 14.9. The molecule has 66 valence electrons. The molecule has 0 amide bonds. The quantitative estimate of drug-likeness (QED) is 0.506. The number of nitrogens with two attached hydrogens (primary N) is 2. The Hall–Kier alpha value is -0.700. The van der Waals surface area contributed by atoms with Crippen molar-refractivity contribution in [3.05, 3.63) is 11.9 Å². The van der Waals surface area contributed by atoms with E-state index in [0.717, 1.165) is 18.7 Å². The van der Waals surface area contributed by atoms with Gasteiger partial charge in [0.05, 0.1) is 0 Å². The van der Waals surface area contributed by atoms with Crippen molar-refractivity contribution >= 4 is 0 Å². The molecule has 0 aliphatic heterocycles. The number of hydrogen-bond donors (Lipinski definition) is 3. The van der Waals surface area contributed by atoms with Crippen LogP contribution in [0.4, 0.5) is 0 Å². The van der Waals surface area contributed by atoms with Gasteiger partial charge in [0.25, 0.3) is 0 Å². The van der Waals surface area contributed by atoms with Gasteiger partial charge in [-0.25, -0.2) is 0 Å². The van der Waals surface area contributed by atoms with E-state index in [1.54, 1.807) is 0 Å². The molecule has 0 aliphatic rings. The Labute approximate surface area is 68.8 Å².